The average Bonchev–Trinajstić information content (AvgIpc) is 3.51. The lowest BCUT2D eigenvalue weighted by Gasteiger charge is -2.39. The van der Waals surface area contributed by atoms with E-state index in [1.54, 1.807) is 36.4 Å². The van der Waals surface area contributed by atoms with Crippen LogP contribution in [0.25, 0.3) is 0 Å². The molecule has 0 bridgehead atoms. The van der Waals surface area contributed by atoms with Crippen LogP contribution in [0.3, 0.4) is 0 Å². The molecular weight excluding hydrogens is 640 g/mol. The first-order valence-electron chi connectivity index (χ1n) is 15.6. The summed E-state index contributed by atoms with van der Waals surface area (Å²) in [5.74, 6) is 0.496. The Bertz CT molecular complexity index is 1340. The molecule has 16 heteroatoms. The van der Waals surface area contributed by atoms with Crippen molar-refractivity contribution in [2.24, 2.45) is 11.8 Å². The molecule has 0 aliphatic carbocycles. The maximum Gasteiger partial charge on any atom is 0.229 e. The van der Waals surface area contributed by atoms with Gasteiger partial charge in [0.05, 0.1) is 40.1 Å². The number of aliphatic hydroxyl groups excluding tert-OH is 9. The number of aliphatic hydroxyl groups is 9. The highest BCUT2D eigenvalue weighted by molar-refractivity contribution is 5.45. The third-order valence-corrected chi connectivity index (χ3v) is 9.12. The molecule has 48 heavy (non-hydrogen) atoms. The molecule has 5 rings (SSSR count). The molecule has 2 aromatic carbocycles. The maximum absolute atomic E-state index is 10.4. The van der Waals surface area contributed by atoms with E-state index in [-0.39, 0.29) is 35.7 Å². The Morgan fingerprint density at radius 3 is 1.65 bits per heavy atom. The fraction of sp³-hybridized carbons (Fsp3) is 0.625. The molecule has 3 saturated heterocycles. The Labute approximate surface area is 276 Å². The summed E-state index contributed by atoms with van der Waals surface area (Å²) in [4.78, 5) is 0. The molecule has 0 saturated carbocycles. The summed E-state index contributed by atoms with van der Waals surface area (Å²) in [5.41, 5.74) is 1.52. The van der Waals surface area contributed by atoms with Crippen LogP contribution in [0.2, 0.25) is 0 Å². The minimum atomic E-state index is -1.61. The van der Waals surface area contributed by atoms with Crippen LogP contribution < -0.4 is 18.9 Å². The van der Waals surface area contributed by atoms with E-state index in [0.717, 1.165) is 5.56 Å². The van der Waals surface area contributed by atoms with E-state index in [4.69, 9.17) is 33.2 Å². The van der Waals surface area contributed by atoms with E-state index < -0.39 is 80.7 Å². The fourth-order valence-corrected chi connectivity index (χ4v) is 6.30. The first-order valence-corrected chi connectivity index (χ1v) is 15.6. The molecular formula is C32H44O16. The second-order valence-corrected chi connectivity index (χ2v) is 12.1. The number of hydrogen-bond donors (Lipinski definition) is 9. The summed E-state index contributed by atoms with van der Waals surface area (Å²) in [6.07, 6.45) is -14.5. The van der Waals surface area contributed by atoms with Crippen molar-refractivity contribution in [2.45, 2.75) is 73.9 Å². The molecule has 3 fully saturated rings. The fourth-order valence-electron chi connectivity index (χ4n) is 6.30. The van der Waals surface area contributed by atoms with Crippen molar-refractivity contribution in [1.29, 1.82) is 0 Å². The van der Waals surface area contributed by atoms with Gasteiger partial charge >= 0.3 is 0 Å². The number of rotatable bonds is 12. The zero-order valence-corrected chi connectivity index (χ0v) is 26.4. The van der Waals surface area contributed by atoms with Crippen molar-refractivity contribution >= 4 is 0 Å². The van der Waals surface area contributed by atoms with Gasteiger partial charge in [-0.15, -0.1) is 0 Å². The van der Waals surface area contributed by atoms with E-state index in [1.807, 2.05) is 0 Å². The molecule has 0 unspecified atom stereocenters. The molecule has 268 valence electrons. The largest absolute Gasteiger partial charge is 0.493 e. The summed E-state index contributed by atoms with van der Waals surface area (Å²) in [6.45, 7) is -1.05. The van der Waals surface area contributed by atoms with Crippen LogP contribution in [-0.4, -0.2) is 148 Å². The molecule has 0 spiro atoms. The smallest absolute Gasteiger partial charge is 0.229 e. The minimum Gasteiger partial charge on any atom is -0.493 e. The van der Waals surface area contributed by atoms with Gasteiger partial charge in [-0.1, -0.05) is 12.1 Å². The van der Waals surface area contributed by atoms with Gasteiger partial charge in [0.1, 0.15) is 48.8 Å². The SMILES string of the molecule is COc1cc(C[C@@H]2CO[C@@H](c3ccc(O[C@H]4O[C@@H](CO)[C@H](O)[C@@H](O)[C@@H]4O)c(OC)c3)[C@@H]2CO)ccc1O[C@H]1O[C@@H](CO)[C@H](O)[C@@H](O)[C@@H]1O. The summed E-state index contributed by atoms with van der Waals surface area (Å²) in [6, 6.07) is 10.1. The standard InChI is InChI=1S/C32H44O16/c1-42-20-8-14(3-5-18(20)45-31-28(40)26(38)24(36)22(11-34)47-31)7-16-13-44-30(17(16)10-33)15-4-6-19(21(9-15)43-2)46-32-29(41)27(39)25(37)23(12-35)48-32/h3-6,8-9,16-17,22-41H,7,10-13H2,1-2H3/t16-,17-,22+,23+,24+,25+,26-,27-,28+,29+,30+,31+,32+/m1/s1. The molecule has 2 aromatic rings. The lowest BCUT2D eigenvalue weighted by atomic mass is 9.84. The Hall–Kier alpha value is -2.84. The topological polar surface area (TPSA) is 247 Å². The Morgan fingerprint density at radius 1 is 0.625 bits per heavy atom. The molecule has 3 aliphatic rings. The minimum absolute atomic E-state index is 0.113. The molecule has 9 N–H and O–H groups in total. The number of methoxy groups -OCH3 is 2. The van der Waals surface area contributed by atoms with Crippen molar-refractivity contribution in [3.63, 3.8) is 0 Å². The molecule has 3 aliphatic heterocycles. The second-order valence-electron chi connectivity index (χ2n) is 12.1. The van der Waals surface area contributed by atoms with Gasteiger partial charge in [0, 0.05) is 12.5 Å². The first kappa shape index (κ1) is 36.4. The predicted octanol–water partition coefficient (Wildman–Crippen LogP) is -2.40. The van der Waals surface area contributed by atoms with Crippen LogP contribution in [0.1, 0.15) is 17.2 Å². The van der Waals surface area contributed by atoms with Crippen molar-refractivity contribution in [3.8, 4) is 23.0 Å². The van der Waals surface area contributed by atoms with Gasteiger partial charge in [-0.2, -0.15) is 0 Å². The zero-order chi connectivity index (χ0) is 34.7. The van der Waals surface area contributed by atoms with Gasteiger partial charge < -0.3 is 79.1 Å². The molecule has 0 amide bonds. The van der Waals surface area contributed by atoms with Crippen LogP contribution in [-0.2, 0) is 20.6 Å². The van der Waals surface area contributed by atoms with Crippen LogP contribution in [0.5, 0.6) is 23.0 Å². The Kier molecular flexibility index (Phi) is 12.0. The van der Waals surface area contributed by atoms with E-state index in [1.165, 1.54) is 14.2 Å². The van der Waals surface area contributed by atoms with Gasteiger partial charge in [-0.25, -0.2) is 0 Å². The van der Waals surface area contributed by atoms with Gasteiger partial charge in [-0.3, -0.25) is 0 Å². The van der Waals surface area contributed by atoms with Crippen molar-refractivity contribution < 1.29 is 79.1 Å². The van der Waals surface area contributed by atoms with E-state index >= 15 is 0 Å². The highest BCUT2D eigenvalue weighted by Gasteiger charge is 2.46. The molecule has 3 heterocycles. The highest BCUT2D eigenvalue weighted by atomic mass is 16.7. The molecule has 16 nitrogen and oxygen atoms in total. The third-order valence-electron chi connectivity index (χ3n) is 9.12. The van der Waals surface area contributed by atoms with Gasteiger partial charge in [0.2, 0.25) is 12.6 Å². The van der Waals surface area contributed by atoms with Crippen molar-refractivity contribution in [1.82, 2.24) is 0 Å². The normalized spacial score (nSPS) is 36.9. The summed E-state index contributed by atoms with van der Waals surface area (Å²) < 4.78 is 39.6. The van der Waals surface area contributed by atoms with Crippen molar-refractivity contribution in [3.05, 3.63) is 47.5 Å². The quantitative estimate of drug-likeness (QED) is 0.113. The third kappa shape index (κ3) is 7.35. The van der Waals surface area contributed by atoms with Gasteiger partial charge in [0.15, 0.2) is 23.0 Å². The predicted molar refractivity (Wildman–Crippen MR) is 161 cm³/mol. The number of hydrogen-bond acceptors (Lipinski definition) is 16. The van der Waals surface area contributed by atoms with E-state index in [9.17, 15) is 46.0 Å². The lowest BCUT2D eigenvalue weighted by Crippen LogP contribution is -2.60. The summed E-state index contributed by atoms with van der Waals surface area (Å²) in [7, 11) is 2.85. The number of benzene rings is 2. The van der Waals surface area contributed by atoms with Crippen LogP contribution >= 0.6 is 0 Å². The Balaban J connectivity index is 1.26. The number of ether oxygens (including phenoxy) is 7. The second kappa shape index (κ2) is 15.8. The average molecular weight is 685 g/mol. The Morgan fingerprint density at radius 2 is 1.15 bits per heavy atom. The van der Waals surface area contributed by atoms with Crippen LogP contribution in [0.4, 0.5) is 0 Å². The first-order chi connectivity index (χ1) is 23.0. The molecule has 0 radical (unpaired) electrons. The lowest BCUT2D eigenvalue weighted by molar-refractivity contribution is -0.277. The van der Waals surface area contributed by atoms with E-state index in [0.29, 0.717) is 24.3 Å². The van der Waals surface area contributed by atoms with E-state index in [2.05, 4.69) is 0 Å². The van der Waals surface area contributed by atoms with Crippen molar-refractivity contribution in [2.75, 3.05) is 40.6 Å². The van der Waals surface area contributed by atoms with Crippen LogP contribution in [0, 0.1) is 11.8 Å². The summed E-state index contributed by atoms with van der Waals surface area (Å²) >= 11 is 0. The maximum atomic E-state index is 10.4. The monoisotopic (exact) mass is 684 g/mol. The summed E-state index contributed by atoms with van der Waals surface area (Å²) in [5, 5.41) is 90.4. The van der Waals surface area contributed by atoms with Gasteiger partial charge in [0.25, 0.3) is 0 Å². The zero-order valence-electron chi connectivity index (χ0n) is 26.4. The molecule has 0 aromatic heterocycles. The van der Waals surface area contributed by atoms with Gasteiger partial charge in [-0.05, 0) is 47.7 Å². The highest BCUT2D eigenvalue weighted by Crippen LogP contribution is 2.43. The van der Waals surface area contributed by atoms with Crippen LogP contribution in [0.15, 0.2) is 36.4 Å². The molecule has 13 atom stereocenters.